The van der Waals surface area contributed by atoms with E-state index >= 15 is 0 Å². The highest BCUT2D eigenvalue weighted by atomic mass is 16.5. The maximum Gasteiger partial charge on any atom is 0.305 e. The first-order valence-electron chi connectivity index (χ1n) is 4.26. The lowest BCUT2D eigenvalue weighted by Crippen LogP contribution is -2.05. The molecule has 72 valence electrons. The molecular formula is C9H18O3. The van der Waals surface area contributed by atoms with Gasteiger partial charge in [-0.15, -0.1) is 0 Å². The van der Waals surface area contributed by atoms with Gasteiger partial charge in [0.2, 0.25) is 0 Å². The standard InChI is InChI=1S/C9H18O3/c1-8(6-7-11-2)4-5-9(10)12-3/h8H,4-7H2,1-3H3/t8-/m1/s1. The number of hydrogen-bond donors (Lipinski definition) is 0. The molecule has 12 heavy (non-hydrogen) atoms. The summed E-state index contributed by atoms with van der Waals surface area (Å²) in [6, 6.07) is 0. The first kappa shape index (κ1) is 11.4. The van der Waals surface area contributed by atoms with Gasteiger partial charge in [-0.1, -0.05) is 6.92 Å². The molecule has 0 fully saturated rings. The van der Waals surface area contributed by atoms with Gasteiger partial charge in [0, 0.05) is 20.1 Å². The average Bonchev–Trinajstić information content (AvgIpc) is 2.10. The topological polar surface area (TPSA) is 35.5 Å². The Hall–Kier alpha value is -0.570. The molecule has 0 aromatic heterocycles. The summed E-state index contributed by atoms with van der Waals surface area (Å²) in [5.41, 5.74) is 0. The zero-order valence-corrected chi connectivity index (χ0v) is 8.13. The van der Waals surface area contributed by atoms with Crippen LogP contribution in [0.25, 0.3) is 0 Å². The largest absolute Gasteiger partial charge is 0.469 e. The highest BCUT2D eigenvalue weighted by Gasteiger charge is 2.05. The van der Waals surface area contributed by atoms with Crippen LogP contribution in [0.3, 0.4) is 0 Å². The lowest BCUT2D eigenvalue weighted by atomic mass is 10.0. The normalized spacial score (nSPS) is 12.6. The van der Waals surface area contributed by atoms with Gasteiger partial charge in [-0.2, -0.15) is 0 Å². The smallest absolute Gasteiger partial charge is 0.305 e. The van der Waals surface area contributed by atoms with E-state index in [9.17, 15) is 4.79 Å². The summed E-state index contributed by atoms with van der Waals surface area (Å²) >= 11 is 0. The molecule has 3 nitrogen and oxygen atoms in total. The van der Waals surface area contributed by atoms with Crippen molar-refractivity contribution in [1.29, 1.82) is 0 Å². The molecule has 0 aliphatic rings. The van der Waals surface area contributed by atoms with Gasteiger partial charge in [-0.3, -0.25) is 4.79 Å². The Bertz CT molecular complexity index is 123. The summed E-state index contributed by atoms with van der Waals surface area (Å²) in [7, 11) is 3.11. The van der Waals surface area contributed by atoms with E-state index in [1.165, 1.54) is 7.11 Å². The van der Waals surface area contributed by atoms with E-state index in [0.717, 1.165) is 19.4 Å². The van der Waals surface area contributed by atoms with Gasteiger partial charge in [0.25, 0.3) is 0 Å². The Morgan fingerprint density at radius 2 is 2.00 bits per heavy atom. The van der Waals surface area contributed by atoms with Gasteiger partial charge < -0.3 is 9.47 Å². The predicted molar refractivity (Wildman–Crippen MR) is 46.9 cm³/mol. The van der Waals surface area contributed by atoms with Gasteiger partial charge in [0.1, 0.15) is 0 Å². The second-order valence-electron chi connectivity index (χ2n) is 3.00. The van der Waals surface area contributed by atoms with E-state index in [4.69, 9.17) is 4.74 Å². The maximum absolute atomic E-state index is 10.7. The van der Waals surface area contributed by atoms with E-state index in [1.807, 2.05) is 0 Å². The fraction of sp³-hybridized carbons (Fsp3) is 0.889. The third-order valence-electron chi connectivity index (χ3n) is 1.88. The molecule has 0 amide bonds. The van der Waals surface area contributed by atoms with Gasteiger partial charge in [0.05, 0.1) is 7.11 Å². The van der Waals surface area contributed by atoms with Crippen LogP contribution in [0.5, 0.6) is 0 Å². The second-order valence-corrected chi connectivity index (χ2v) is 3.00. The summed E-state index contributed by atoms with van der Waals surface area (Å²) in [5.74, 6) is 0.406. The molecule has 0 aliphatic heterocycles. The SMILES string of the molecule is COCC[C@H](C)CCC(=O)OC. The molecule has 0 saturated heterocycles. The molecule has 0 N–H and O–H groups in total. The van der Waals surface area contributed by atoms with Crippen LogP contribution in [0.4, 0.5) is 0 Å². The molecular weight excluding hydrogens is 156 g/mol. The molecule has 0 aromatic rings. The first-order valence-corrected chi connectivity index (χ1v) is 4.26. The summed E-state index contributed by atoms with van der Waals surface area (Å²) in [6.07, 6.45) is 2.41. The molecule has 1 atom stereocenters. The zero-order chi connectivity index (χ0) is 9.40. The number of ether oxygens (including phenoxy) is 2. The fourth-order valence-electron chi connectivity index (χ4n) is 0.930. The lowest BCUT2D eigenvalue weighted by Gasteiger charge is -2.08. The highest BCUT2D eigenvalue weighted by Crippen LogP contribution is 2.10. The number of esters is 1. The number of carbonyl (C=O) groups is 1. The van der Waals surface area contributed by atoms with Gasteiger partial charge in [-0.25, -0.2) is 0 Å². The average molecular weight is 174 g/mol. The monoisotopic (exact) mass is 174 g/mol. The summed E-state index contributed by atoms with van der Waals surface area (Å²) in [4.78, 5) is 10.7. The third kappa shape index (κ3) is 6.16. The molecule has 3 heteroatoms. The molecule has 0 radical (unpaired) electrons. The van der Waals surface area contributed by atoms with Crippen LogP contribution in [-0.2, 0) is 14.3 Å². The minimum absolute atomic E-state index is 0.126. The second kappa shape index (κ2) is 7.10. The van der Waals surface area contributed by atoms with Crippen molar-refractivity contribution in [3.05, 3.63) is 0 Å². The number of rotatable bonds is 6. The third-order valence-corrected chi connectivity index (χ3v) is 1.88. The van der Waals surface area contributed by atoms with E-state index in [1.54, 1.807) is 7.11 Å². The Balaban J connectivity index is 3.30. The van der Waals surface area contributed by atoms with E-state index in [2.05, 4.69) is 11.7 Å². The summed E-state index contributed by atoms with van der Waals surface area (Å²) in [5, 5.41) is 0. The predicted octanol–water partition coefficient (Wildman–Crippen LogP) is 1.61. The van der Waals surface area contributed by atoms with Crippen molar-refractivity contribution in [3.63, 3.8) is 0 Å². The van der Waals surface area contributed by atoms with Gasteiger partial charge in [-0.05, 0) is 18.8 Å². The van der Waals surface area contributed by atoms with Crippen molar-refractivity contribution >= 4 is 5.97 Å². The van der Waals surface area contributed by atoms with E-state index in [-0.39, 0.29) is 5.97 Å². The maximum atomic E-state index is 10.7. The van der Waals surface area contributed by atoms with Crippen LogP contribution in [0.1, 0.15) is 26.2 Å². The molecule has 0 saturated carbocycles. The minimum atomic E-state index is -0.126. The van der Waals surface area contributed by atoms with Crippen LogP contribution < -0.4 is 0 Å². The fourth-order valence-corrected chi connectivity index (χ4v) is 0.930. The molecule has 0 unspecified atom stereocenters. The van der Waals surface area contributed by atoms with Crippen LogP contribution in [0.2, 0.25) is 0 Å². The van der Waals surface area contributed by atoms with Crippen LogP contribution >= 0.6 is 0 Å². The number of hydrogen-bond acceptors (Lipinski definition) is 3. The van der Waals surface area contributed by atoms with Crippen molar-refractivity contribution in [3.8, 4) is 0 Å². The Morgan fingerprint density at radius 1 is 1.33 bits per heavy atom. The Labute approximate surface area is 74.0 Å². The summed E-state index contributed by atoms with van der Waals surface area (Å²) < 4.78 is 9.46. The van der Waals surface area contributed by atoms with Crippen LogP contribution in [-0.4, -0.2) is 26.8 Å². The van der Waals surface area contributed by atoms with Crippen molar-refractivity contribution in [2.75, 3.05) is 20.8 Å². The minimum Gasteiger partial charge on any atom is -0.469 e. The molecule has 0 rings (SSSR count). The highest BCUT2D eigenvalue weighted by molar-refractivity contribution is 5.69. The number of methoxy groups -OCH3 is 2. The lowest BCUT2D eigenvalue weighted by molar-refractivity contribution is -0.140. The van der Waals surface area contributed by atoms with Crippen molar-refractivity contribution in [2.45, 2.75) is 26.2 Å². The van der Waals surface area contributed by atoms with Crippen LogP contribution in [0.15, 0.2) is 0 Å². The van der Waals surface area contributed by atoms with E-state index < -0.39 is 0 Å². The number of carbonyl (C=O) groups excluding carboxylic acids is 1. The Kier molecular flexibility index (Phi) is 6.76. The van der Waals surface area contributed by atoms with Crippen molar-refractivity contribution < 1.29 is 14.3 Å². The molecule has 0 bridgehead atoms. The molecule has 0 aromatic carbocycles. The van der Waals surface area contributed by atoms with E-state index in [0.29, 0.717) is 12.3 Å². The molecule has 0 heterocycles. The zero-order valence-electron chi connectivity index (χ0n) is 8.13. The van der Waals surface area contributed by atoms with Crippen molar-refractivity contribution in [2.24, 2.45) is 5.92 Å². The molecule has 0 aliphatic carbocycles. The summed E-state index contributed by atoms with van der Waals surface area (Å²) in [6.45, 7) is 2.88. The van der Waals surface area contributed by atoms with Crippen molar-refractivity contribution in [1.82, 2.24) is 0 Å². The van der Waals surface area contributed by atoms with Gasteiger partial charge in [0.15, 0.2) is 0 Å². The van der Waals surface area contributed by atoms with Gasteiger partial charge >= 0.3 is 5.97 Å². The Morgan fingerprint density at radius 3 is 2.50 bits per heavy atom. The van der Waals surface area contributed by atoms with Crippen LogP contribution in [0, 0.1) is 5.92 Å². The molecule has 0 spiro atoms. The first-order chi connectivity index (χ1) is 5.70. The quantitative estimate of drug-likeness (QED) is 0.574.